The second-order valence-corrected chi connectivity index (χ2v) is 3.39. The van der Waals surface area contributed by atoms with Gasteiger partial charge < -0.3 is 10.2 Å². The second-order valence-electron chi connectivity index (χ2n) is 3.08. The molecule has 72 valence electrons. The van der Waals surface area contributed by atoms with Gasteiger partial charge in [-0.1, -0.05) is 29.8 Å². The quantitative estimate of drug-likeness (QED) is 0.729. The van der Waals surface area contributed by atoms with Gasteiger partial charge in [-0.15, -0.1) is 11.6 Å². The van der Waals surface area contributed by atoms with Crippen molar-refractivity contribution in [3.05, 3.63) is 35.4 Å². The molecule has 1 rings (SSSR count). The van der Waals surface area contributed by atoms with Crippen LogP contribution in [0.15, 0.2) is 24.3 Å². The van der Waals surface area contributed by atoms with Gasteiger partial charge in [0.05, 0.1) is 12.0 Å². The Labute approximate surface area is 82.8 Å². The van der Waals surface area contributed by atoms with E-state index in [4.69, 9.17) is 11.6 Å². The summed E-state index contributed by atoms with van der Waals surface area (Å²) >= 11 is 5.42. The van der Waals surface area contributed by atoms with Gasteiger partial charge in [0.1, 0.15) is 6.10 Å². The summed E-state index contributed by atoms with van der Waals surface area (Å²) in [6.45, 7) is 1.97. The van der Waals surface area contributed by atoms with E-state index in [0.29, 0.717) is 5.56 Å². The molecule has 0 fully saturated rings. The highest BCUT2D eigenvalue weighted by Crippen LogP contribution is 2.17. The van der Waals surface area contributed by atoms with Gasteiger partial charge in [-0.05, 0) is 12.5 Å². The first-order valence-electron chi connectivity index (χ1n) is 4.14. The summed E-state index contributed by atoms with van der Waals surface area (Å²) in [5, 5.41) is 18.8. The molecule has 0 aliphatic heterocycles. The normalized spacial score (nSPS) is 15.4. The van der Waals surface area contributed by atoms with Gasteiger partial charge in [0, 0.05) is 0 Å². The minimum Gasteiger partial charge on any atom is -0.389 e. The molecule has 0 aliphatic rings. The molecule has 2 N–H and O–H groups in total. The van der Waals surface area contributed by atoms with Crippen LogP contribution in [-0.2, 0) is 0 Å². The molecule has 2 unspecified atom stereocenters. The Balaban J connectivity index is 2.77. The van der Waals surface area contributed by atoms with Gasteiger partial charge in [0.2, 0.25) is 0 Å². The zero-order chi connectivity index (χ0) is 9.84. The maximum atomic E-state index is 9.55. The molecular formula is C10H13ClO2. The predicted octanol–water partition coefficient (Wildman–Crippen LogP) is 1.63. The maximum Gasteiger partial charge on any atom is 0.106 e. The molecule has 0 aliphatic carbocycles. The van der Waals surface area contributed by atoms with E-state index in [-0.39, 0.29) is 5.88 Å². The summed E-state index contributed by atoms with van der Waals surface area (Å²) in [4.78, 5) is 0. The molecule has 0 heterocycles. The summed E-state index contributed by atoms with van der Waals surface area (Å²) in [7, 11) is 0. The molecule has 0 aromatic heterocycles. The van der Waals surface area contributed by atoms with Crippen LogP contribution < -0.4 is 0 Å². The molecule has 2 nitrogen and oxygen atoms in total. The lowest BCUT2D eigenvalue weighted by Gasteiger charge is -2.15. The van der Waals surface area contributed by atoms with Crippen molar-refractivity contribution in [2.45, 2.75) is 19.1 Å². The highest BCUT2D eigenvalue weighted by molar-refractivity contribution is 6.18. The Morgan fingerprint density at radius 3 is 2.23 bits per heavy atom. The Morgan fingerprint density at radius 1 is 1.23 bits per heavy atom. The summed E-state index contributed by atoms with van der Waals surface area (Å²) in [5.41, 5.74) is 1.81. The monoisotopic (exact) mass is 200 g/mol. The lowest BCUT2D eigenvalue weighted by atomic mass is 10.0. The van der Waals surface area contributed by atoms with E-state index in [1.807, 2.05) is 19.1 Å². The Kier molecular flexibility index (Phi) is 3.72. The van der Waals surface area contributed by atoms with Crippen molar-refractivity contribution in [2.75, 3.05) is 5.88 Å². The lowest BCUT2D eigenvalue weighted by Crippen LogP contribution is -2.19. The largest absolute Gasteiger partial charge is 0.389 e. The number of halogens is 1. The number of aliphatic hydroxyl groups is 2. The minimum absolute atomic E-state index is 0.0367. The number of aryl methyl sites for hydroxylation is 1. The van der Waals surface area contributed by atoms with E-state index in [1.165, 1.54) is 0 Å². The third kappa shape index (κ3) is 2.69. The van der Waals surface area contributed by atoms with Crippen molar-refractivity contribution in [2.24, 2.45) is 0 Å². The lowest BCUT2D eigenvalue weighted by molar-refractivity contribution is 0.0327. The molecular weight excluding hydrogens is 188 g/mol. The van der Waals surface area contributed by atoms with E-state index in [1.54, 1.807) is 12.1 Å². The van der Waals surface area contributed by atoms with Crippen molar-refractivity contribution >= 4 is 11.6 Å². The maximum absolute atomic E-state index is 9.55. The minimum atomic E-state index is -0.899. The first-order chi connectivity index (χ1) is 6.15. The van der Waals surface area contributed by atoms with Crippen molar-refractivity contribution in [3.63, 3.8) is 0 Å². The Bertz CT molecular complexity index is 258. The van der Waals surface area contributed by atoms with E-state index in [0.717, 1.165) is 5.56 Å². The summed E-state index contributed by atoms with van der Waals surface area (Å²) in [6, 6.07) is 7.35. The van der Waals surface area contributed by atoms with Crippen LogP contribution in [-0.4, -0.2) is 22.2 Å². The highest BCUT2D eigenvalue weighted by Gasteiger charge is 2.16. The fraction of sp³-hybridized carbons (Fsp3) is 0.400. The van der Waals surface area contributed by atoms with Crippen molar-refractivity contribution < 1.29 is 10.2 Å². The molecule has 1 aromatic carbocycles. The fourth-order valence-electron chi connectivity index (χ4n) is 1.07. The van der Waals surface area contributed by atoms with Crippen molar-refractivity contribution in [1.82, 2.24) is 0 Å². The van der Waals surface area contributed by atoms with Crippen LogP contribution in [0.1, 0.15) is 17.2 Å². The van der Waals surface area contributed by atoms with Gasteiger partial charge in [0.25, 0.3) is 0 Å². The van der Waals surface area contributed by atoms with E-state index in [2.05, 4.69) is 0 Å². The van der Waals surface area contributed by atoms with Crippen LogP contribution in [0, 0.1) is 6.92 Å². The molecule has 0 saturated carbocycles. The third-order valence-corrected chi connectivity index (χ3v) is 2.26. The molecule has 3 heteroatoms. The first-order valence-corrected chi connectivity index (χ1v) is 4.67. The molecule has 0 spiro atoms. The van der Waals surface area contributed by atoms with Gasteiger partial charge in [-0.2, -0.15) is 0 Å². The molecule has 0 radical (unpaired) electrons. The number of hydrogen-bond acceptors (Lipinski definition) is 2. The number of aliphatic hydroxyl groups excluding tert-OH is 2. The first kappa shape index (κ1) is 10.5. The smallest absolute Gasteiger partial charge is 0.106 e. The predicted molar refractivity (Wildman–Crippen MR) is 52.9 cm³/mol. The molecule has 2 atom stereocenters. The molecule has 0 bridgehead atoms. The van der Waals surface area contributed by atoms with Crippen LogP contribution >= 0.6 is 11.6 Å². The third-order valence-electron chi connectivity index (χ3n) is 1.94. The number of alkyl halides is 1. The Morgan fingerprint density at radius 2 is 1.77 bits per heavy atom. The van der Waals surface area contributed by atoms with Crippen LogP contribution in [0.3, 0.4) is 0 Å². The SMILES string of the molecule is Cc1ccc(C(O)C(O)CCl)cc1. The molecule has 1 aromatic rings. The number of benzene rings is 1. The fourth-order valence-corrected chi connectivity index (χ4v) is 1.24. The zero-order valence-corrected chi connectivity index (χ0v) is 8.20. The number of hydrogen-bond donors (Lipinski definition) is 2. The number of rotatable bonds is 3. The van der Waals surface area contributed by atoms with Crippen LogP contribution in [0.5, 0.6) is 0 Å². The zero-order valence-electron chi connectivity index (χ0n) is 7.44. The summed E-state index contributed by atoms with van der Waals surface area (Å²) < 4.78 is 0. The van der Waals surface area contributed by atoms with E-state index < -0.39 is 12.2 Å². The average Bonchev–Trinajstić information content (AvgIpc) is 2.17. The summed E-state index contributed by atoms with van der Waals surface area (Å²) in [5.74, 6) is 0.0367. The molecule has 0 amide bonds. The van der Waals surface area contributed by atoms with Crippen molar-refractivity contribution in [1.29, 1.82) is 0 Å². The second kappa shape index (κ2) is 4.61. The average molecular weight is 201 g/mol. The van der Waals surface area contributed by atoms with Gasteiger partial charge in [-0.3, -0.25) is 0 Å². The van der Waals surface area contributed by atoms with Gasteiger partial charge in [-0.25, -0.2) is 0 Å². The van der Waals surface area contributed by atoms with Crippen LogP contribution in [0.2, 0.25) is 0 Å². The standard InChI is InChI=1S/C10H13ClO2/c1-7-2-4-8(5-3-7)10(13)9(12)6-11/h2-5,9-10,12-13H,6H2,1H3. The van der Waals surface area contributed by atoms with Gasteiger partial charge >= 0.3 is 0 Å². The topological polar surface area (TPSA) is 40.5 Å². The molecule has 13 heavy (non-hydrogen) atoms. The Hall–Kier alpha value is -0.570. The summed E-state index contributed by atoms with van der Waals surface area (Å²) in [6.07, 6.45) is -1.79. The molecule has 0 saturated heterocycles. The van der Waals surface area contributed by atoms with Gasteiger partial charge in [0.15, 0.2) is 0 Å². The van der Waals surface area contributed by atoms with Crippen LogP contribution in [0.4, 0.5) is 0 Å². The van der Waals surface area contributed by atoms with Crippen molar-refractivity contribution in [3.8, 4) is 0 Å². The van der Waals surface area contributed by atoms with E-state index in [9.17, 15) is 10.2 Å². The van der Waals surface area contributed by atoms with Crippen LogP contribution in [0.25, 0.3) is 0 Å². The van der Waals surface area contributed by atoms with E-state index >= 15 is 0 Å². The highest BCUT2D eigenvalue weighted by atomic mass is 35.5.